The third kappa shape index (κ3) is 16.5. The van der Waals surface area contributed by atoms with Gasteiger partial charge in [-0.05, 0) is 51.8 Å². The third-order valence-corrected chi connectivity index (χ3v) is 2.89. The van der Waals surface area contributed by atoms with Gasteiger partial charge in [-0.1, -0.05) is 55.5 Å². The molecule has 0 spiro atoms. The van der Waals surface area contributed by atoms with Gasteiger partial charge in [0, 0.05) is 10.5 Å². The van der Waals surface area contributed by atoms with Crippen molar-refractivity contribution in [1.82, 2.24) is 0 Å². The van der Waals surface area contributed by atoms with Crippen molar-refractivity contribution in [1.29, 1.82) is 0 Å². The summed E-state index contributed by atoms with van der Waals surface area (Å²) < 4.78 is 39.8. The number of ether oxygens (including phenoxy) is 1. The summed E-state index contributed by atoms with van der Waals surface area (Å²) >= 11 is 0. The zero-order valence-electron chi connectivity index (χ0n) is 18.6. The van der Waals surface area contributed by atoms with Crippen LogP contribution < -0.4 is 0 Å². The van der Waals surface area contributed by atoms with E-state index in [0.717, 1.165) is 38.5 Å². The van der Waals surface area contributed by atoms with E-state index in [1.165, 1.54) is 0 Å². The Bertz CT molecular complexity index is 517. The van der Waals surface area contributed by atoms with Crippen molar-refractivity contribution in [2.45, 2.75) is 65.1 Å². The molecule has 0 aromatic heterocycles. The second kappa shape index (κ2) is 17.5. The van der Waals surface area contributed by atoms with Gasteiger partial charge in [0.15, 0.2) is 0 Å². The Morgan fingerprint density at radius 1 is 0.955 bits per heavy atom. The van der Waals surface area contributed by atoms with Crippen LogP contribution in [0, 0.1) is 0 Å². The topological polar surface area (TPSA) is 26.3 Å². The predicted molar refractivity (Wildman–Crippen MR) is 95.8 cm³/mol. The monoisotopic (exact) mass is 309 g/mol. The maximum absolute atomic E-state index is 11.5. The van der Waals surface area contributed by atoms with Crippen LogP contribution in [0.4, 0.5) is 0 Å². The van der Waals surface area contributed by atoms with E-state index in [1.54, 1.807) is 0 Å². The summed E-state index contributed by atoms with van der Waals surface area (Å²) in [7, 11) is 0. The van der Waals surface area contributed by atoms with Gasteiger partial charge >= 0.3 is 5.97 Å². The second-order valence-electron chi connectivity index (χ2n) is 4.82. The molecular weight excluding hydrogens is 272 g/mol. The lowest BCUT2D eigenvalue weighted by atomic mass is 10.2. The number of esters is 1. The molecule has 0 aromatic carbocycles. The second-order valence-corrected chi connectivity index (χ2v) is 4.82. The van der Waals surface area contributed by atoms with Gasteiger partial charge in [0.1, 0.15) is 0 Å². The van der Waals surface area contributed by atoms with Crippen LogP contribution in [-0.4, -0.2) is 12.5 Å². The zero-order valence-corrected chi connectivity index (χ0v) is 13.6. The Labute approximate surface area is 143 Å². The average Bonchev–Trinajstić information content (AvgIpc) is 2.57. The van der Waals surface area contributed by atoms with Crippen LogP contribution in [0.2, 0.25) is 0 Å². The van der Waals surface area contributed by atoms with E-state index in [4.69, 9.17) is 6.85 Å². The first kappa shape index (κ1) is 12.9. The first-order valence-electron chi connectivity index (χ1n) is 10.5. The fraction of sp³-hybridized carbons (Fsp3) is 0.550. The lowest BCUT2D eigenvalue weighted by Crippen LogP contribution is -2.02. The molecule has 2 heteroatoms. The zero-order chi connectivity index (χ0) is 20.6. The number of unbranched alkanes of at least 4 members (excludes halogenated alkanes) is 2. The number of hydrogen-bond donors (Lipinski definition) is 0. The Balaban J connectivity index is 3.72. The van der Waals surface area contributed by atoms with Gasteiger partial charge in [-0.25, -0.2) is 0 Å². The van der Waals surface area contributed by atoms with Gasteiger partial charge in [0.05, 0.1) is 9.30 Å². The third-order valence-electron chi connectivity index (χ3n) is 2.89. The number of allylic oxidation sites excluding steroid dienone is 8. The lowest BCUT2D eigenvalue weighted by molar-refractivity contribution is -0.143. The van der Waals surface area contributed by atoms with Crippen LogP contribution >= 0.6 is 0 Å². The molecule has 0 N–H and O–H groups in total. The van der Waals surface area contributed by atoms with Gasteiger partial charge in [-0.15, -0.1) is 0 Å². The molecule has 0 radical (unpaired) electrons. The van der Waals surface area contributed by atoms with Crippen molar-refractivity contribution in [3.8, 4) is 0 Å². The molecule has 0 atom stereocenters. The van der Waals surface area contributed by atoms with E-state index in [1.807, 2.05) is 6.08 Å². The molecule has 0 amide bonds. The summed E-state index contributed by atoms with van der Waals surface area (Å²) in [6.45, 7) is -3.78. The van der Waals surface area contributed by atoms with Crippen molar-refractivity contribution in [3.63, 3.8) is 0 Å². The minimum Gasteiger partial charge on any atom is -0.466 e. The molecule has 0 fully saturated rings. The molecular formula is C20H32O2. The molecule has 22 heavy (non-hydrogen) atoms. The Hall–Kier alpha value is -1.57. The van der Waals surface area contributed by atoms with Crippen molar-refractivity contribution < 1.29 is 16.4 Å². The molecule has 0 aliphatic carbocycles. The van der Waals surface area contributed by atoms with Crippen molar-refractivity contribution >= 4 is 5.97 Å². The van der Waals surface area contributed by atoms with Crippen molar-refractivity contribution in [2.75, 3.05) is 6.56 Å². The molecule has 0 aliphatic heterocycles. The smallest absolute Gasteiger partial charge is 0.305 e. The van der Waals surface area contributed by atoms with Crippen LogP contribution in [0.3, 0.4) is 0 Å². The molecule has 0 bridgehead atoms. The van der Waals surface area contributed by atoms with E-state index in [0.29, 0.717) is 6.42 Å². The highest BCUT2D eigenvalue weighted by Crippen LogP contribution is 2.03. The Morgan fingerprint density at radius 3 is 2.14 bits per heavy atom. The SMILES string of the molecule is [2H]C([2H])([2H])C([2H])([2H])OC(=O)CCCC/C=C\C/C=C\C/C=C\C/C=C\CC. The number of rotatable bonds is 13. The van der Waals surface area contributed by atoms with Crippen molar-refractivity contribution in [3.05, 3.63) is 48.6 Å². The lowest BCUT2D eigenvalue weighted by Gasteiger charge is -1.99. The van der Waals surface area contributed by atoms with Gasteiger partial charge in [-0.3, -0.25) is 4.79 Å². The van der Waals surface area contributed by atoms with Crippen LogP contribution in [0.25, 0.3) is 0 Å². The highest BCUT2D eigenvalue weighted by atomic mass is 16.5. The highest BCUT2D eigenvalue weighted by Gasteiger charge is 1.99. The van der Waals surface area contributed by atoms with Crippen LogP contribution in [-0.2, 0) is 9.53 Å². The molecule has 124 valence electrons. The first-order chi connectivity index (χ1) is 12.7. The maximum atomic E-state index is 11.5. The molecule has 0 aliphatic rings. The summed E-state index contributed by atoms with van der Waals surface area (Å²) in [5, 5.41) is 0. The van der Waals surface area contributed by atoms with Crippen molar-refractivity contribution in [2.24, 2.45) is 0 Å². The first-order valence-corrected chi connectivity index (χ1v) is 8.02. The molecule has 0 rings (SSSR count). The quantitative estimate of drug-likeness (QED) is 0.240. The van der Waals surface area contributed by atoms with Gasteiger partial charge in [-0.2, -0.15) is 0 Å². The van der Waals surface area contributed by atoms with E-state index in [9.17, 15) is 4.79 Å². The van der Waals surface area contributed by atoms with Gasteiger partial charge < -0.3 is 4.74 Å². The summed E-state index contributed by atoms with van der Waals surface area (Å²) in [4.78, 5) is 11.5. The average molecular weight is 310 g/mol. The van der Waals surface area contributed by atoms with E-state index < -0.39 is 19.4 Å². The van der Waals surface area contributed by atoms with E-state index in [2.05, 4.69) is 54.2 Å². The number of carbonyl (C=O) groups excluding carboxylic acids is 1. The maximum Gasteiger partial charge on any atom is 0.305 e. The summed E-state index contributed by atoms with van der Waals surface area (Å²) in [6, 6.07) is 0. The number of carbonyl (C=O) groups is 1. The van der Waals surface area contributed by atoms with E-state index in [-0.39, 0.29) is 6.42 Å². The normalized spacial score (nSPS) is 16.9. The van der Waals surface area contributed by atoms with Crippen LogP contribution in [0.15, 0.2) is 48.6 Å². The highest BCUT2D eigenvalue weighted by molar-refractivity contribution is 5.69. The summed E-state index contributed by atoms with van der Waals surface area (Å²) in [5.41, 5.74) is 0. The molecule has 2 nitrogen and oxygen atoms in total. The van der Waals surface area contributed by atoms with Gasteiger partial charge in [0.25, 0.3) is 0 Å². The largest absolute Gasteiger partial charge is 0.466 e. The molecule has 0 saturated carbocycles. The fourth-order valence-corrected chi connectivity index (χ4v) is 1.74. The molecule has 0 unspecified atom stereocenters. The molecule has 0 saturated heterocycles. The Kier molecular flexibility index (Phi) is 10.3. The standard InChI is InChI=1S/C20H32O2/c1-3-5-6-7-8-9-10-11-12-13-14-15-16-17-18-19-20(21)22-4-2/h5-6,8-9,11-12,14-15H,3-4,7,10,13,16-19H2,1-2H3/b6-5-,9-8-,12-11-,15-14-/i2D3,4D2. The van der Waals surface area contributed by atoms with E-state index >= 15 is 0 Å². The van der Waals surface area contributed by atoms with Gasteiger partial charge in [0.2, 0.25) is 0 Å². The number of hydrogen-bond acceptors (Lipinski definition) is 2. The molecule has 0 aromatic rings. The minimum absolute atomic E-state index is 0.0170. The Morgan fingerprint density at radius 2 is 1.55 bits per heavy atom. The van der Waals surface area contributed by atoms with Crippen LogP contribution in [0.1, 0.15) is 72.0 Å². The fourth-order valence-electron chi connectivity index (χ4n) is 1.74. The van der Waals surface area contributed by atoms with Crippen LogP contribution in [0.5, 0.6) is 0 Å². The predicted octanol–water partition coefficient (Wildman–Crippen LogP) is 5.92. The minimum atomic E-state index is -2.97. The summed E-state index contributed by atoms with van der Waals surface area (Å²) in [5.74, 6) is -0.818. The summed E-state index contributed by atoms with van der Waals surface area (Å²) in [6.07, 6.45) is 22.9. The molecule has 0 heterocycles.